The van der Waals surface area contributed by atoms with Crippen LogP contribution in [-0.4, -0.2) is 36.6 Å². The highest BCUT2D eigenvalue weighted by Gasteiger charge is 2.33. The van der Waals surface area contributed by atoms with Crippen molar-refractivity contribution < 1.29 is 9.72 Å². The summed E-state index contributed by atoms with van der Waals surface area (Å²) in [5, 5.41) is 15.5. The van der Waals surface area contributed by atoms with Gasteiger partial charge in [-0.2, -0.15) is 5.10 Å². The molecular weight excluding hydrogens is 358 g/mol. The Labute approximate surface area is 162 Å². The van der Waals surface area contributed by atoms with Crippen LogP contribution in [-0.2, 0) is 17.9 Å². The summed E-state index contributed by atoms with van der Waals surface area (Å²) in [5.74, 6) is -0.109. The van der Waals surface area contributed by atoms with Gasteiger partial charge in [-0.3, -0.25) is 19.6 Å². The van der Waals surface area contributed by atoms with Crippen molar-refractivity contribution in [2.75, 3.05) is 6.54 Å². The lowest BCUT2D eigenvalue weighted by atomic mass is 10.00. The average molecular weight is 379 g/mol. The van der Waals surface area contributed by atoms with E-state index >= 15 is 0 Å². The van der Waals surface area contributed by atoms with E-state index in [2.05, 4.69) is 9.67 Å². The van der Waals surface area contributed by atoms with Crippen LogP contribution in [0.5, 0.6) is 0 Å². The number of amides is 1. The normalized spacial score (nSPS) is 16.1. The van der Waals surface area contributed by atoms with Crippen LogP contribution in [0.2, 0.25) is 0 Å². The van der Waals surface area contributed by atoms with E-state index in [9.17, 15) is 14.9 Å². The zero-order valence-electron chi connectivity index (χ0n) is 15.8. The van der Waals surface area contributed by atoms with E-state index in [1.54, 1.807) is 13.8 Å². The molecule has 0 aliphatic carbocycles. The molecular formula is C20H21N5O3. The van der Waals surface area contributed by atoms with Gasteiger partial charge in [-0.05, 0) is 31.5 Å². The number of rotatable bonds is 4. The van der Waals surface area contributed by atoms with Crippen molar-refractivity contribution in [1.82, 2.24) is 19.2 Å². The van der Waals surface area contributed by atoms with Crippen LogP contribution >= 0.6 is 0 Å². The van der Waals surface area contributed by atoms with Gasteiger partial charge in [0.05, 0.1) is 11.0 Å². The zero-order chi connectivity index (χ0) is 19.8. The van der Waals surface area contributed by atoms with E-state index in [4.69, 9.17) is 0 Å². The summed E-state index contributed by atoms with van der Waals surface area (Å²) in [6.07, 6.45) is 2.03. The molecule has 0 radical (unpaired) electrons. The van der Waals surface area contributed by atoms with Gasteiger partial charge in [-0.15, -0.1) is 0 Å². The minimum Gasteiger partial charge on any atom is -0.348 e. The summed E-state index contributed by atoms with van der Waals surface area (Å²) in [5.41, 5.74) is 2.79. The Bertz CT molecular complexity index is 1040. The monoisotopic (exact) mass is 379 g/mol. The van der Waals surface area contributed by atoms with Crippen LogP contribution in [0.3, 0.4) is 0 Å². The van der Waals surface area contributed by atoms with E-state index < -0.39 is 4.92 Å². The maximum absolute atomic E-state index is 13.2. The molecule has 144 valence electrons. The zero-order valence-corrected chi connectivity index (χ0v) is 15.8. The second kappa shape index (κ2) is 6.95. The molecule has 3 aromatic rings. The molecule has 4 rings (SSSR count). The van der Waals surface area contributed by atoms with Gasteiger partial charge in [-0.1, -0.05) is 30.3 Å². The fourth-order valence-corrected chi connectivity index (χ4v) is 3.96. The Hall–Kier alpha value is -3.42. The first-order chi connectivity index (χ1) is 13.5. The van der Waals surface area contributed by atoms with Gasteiger partial charge < -0.3 is 9.47 Å². The standard InChI is InChI=1S/C20H21N5O3/c1-14-19(25(27)28)15(2)24(21-14)13-18(26)23-12-11-22-10-6-9-17(22)20(23)16-7-4-3-5-8-16/h3-10,20H,11-13H2,1-2H3. The first-order valence-corrected chi connectivity index (χ1v) is 9.15. The largest absolute Gasteiger partial charge is 0.348 e. The first kappa shape index (κ1) is 18.0. The minimum atomic E-state index is -0.445. The predicted molar refractivity (Wildman–Crippen MR) is 103 cm³/mol. The molecule has 8 heteroatoms. The molecule has 0 spiro atoms. The predicted octanol–water partition coefficient (Wildman–Crippen LogP) is 2.84. The van der Waals surface area contributed by atoms with E-state index in [0.29, 0.717) is 24.5 Å². The number of carbonyl (C=O) groups is 1. The summed E-state index contributed by atoms with van der Waals surface area (Å²) in [4.78, 5) is 25.8. The van der Waals surface area contributed by atoms with Crippen molar-refractivity contribution in [3.05, 3.63) is 81.4 Å². The SMILES string of the molecule is Cc1nn(CC(=O)N2CCn3cccc3C2c2ccccc2)c(C)c1[N+](=O)[O-]. The van der Waals surface area contributed by atoms with Crippen molar-refractivity contribution >= 4 is 11.6 Å². The summed E-state index contributed by atoms with van der Waals surface area (Å²) in [7, 11) is 0. The number of fused-ring (bicyclic) bond motifs is 1. The van der Waals surface area contributed by atoms with Crippen LogP contribution < -0.4 is 0 Å². The molecule has 28 heavy (non-hydrogen) atoms. The third kappa shape index (κ3) is 2.96. The van der Waals surface area contributed by atoms with E-state index in [1.807, 2.05) is 53.6 Å². The minimum absolute atomic E-state index is 0.0233. The number of carbonyl (C=O) groups excluding carboxylic acids is 1. The molecule has 0 saturated carbocycles. The van der Waals surface area contributed by atoms with Gasteiger partial charge in [0.1, 0.15) is 17.9 Å². The van der Waals surface area contributed by atoms with Crippen LogP contribution in [0, 0.1) is 24.0 Å². The fourth-order valence-electron chi connectivity index (χ4n) is 3.96. The van der Waals surface area contributed by atoms with Gasteiger partial charge >= 0.3 is 5.69 Å². The van der Waals surface area contributed by atoms with Crippen LogP contribution in [0.15, 0.2) is 48.7 Å². The molecule has 0 bridgehead atoms. The molecule has 1 atom stereocenters. The summed E-state index contributed by atoms with van der Waals surface area (Å²) >= 11 is 0. The number of hydrogen-bond acceptors (Lipinski definition) is 4. The van der Waals surface area contributed by atoms with E-state index in [-0.39, 0.29) is 24.2 Å². The molecule has 0 saturated heterocycles. The van der Waals surface area contributed by atoms with Gasteiger partial charge in [-0.25, -0.2) is 0 Å². The van der Waals surface area contributed by atoms with Crippen LogP contribution in [0.4, 0.5) is 5.69 Å². The lowest BCUT2D eigenvalue weighted by Gasteiger charge is -2.37. The molecule has 1 amide bonds. The van der Waals surface area contributed by atoms with Crippen molar-refractivity contribution in [3.63, 3.8) is 0 Å². The smallest absolute Gasteiger partial charge is 0.312 e. The average Bonchev–Trinajstić information content (AvgIpc) is 3.25. The number of aromatic nitrogens is 3. The molecule has 1 aromatic carbocycles. The van der Waals surface area contributed by atoms with Crippen molar-refractivity contribution in [2.45, 2.75) is 33.0 Å². The van der Waals surface area contributed by atoms with Crippen molar-refractivity contribution in [3.8, 4) is 0 Å². The van der Waals surface area contributed by atoms with Gasteiger partial charge in [0.15, 0.2) is 0 Å². The second-order valence-electron chi connectivity index (χ2n) is 6.96. The lowest BCUT2D eigenvalue weighted by Crippen LogP contribution is -2.44. The Morgan fingerprint density at radius 1 is 1.18 bits per heavy atom. The molecule has 8 nitrogen and oxygen atoms in total. The second-order valence-corrected chi connectivity index (χ2v) is 6.96. The van der Waals surface area contributed by atoms with E-state index in [0.717, 1.165) is 11.3 Å². The molecule has 1 aliphatic heterocycles. The molecule has 3 heterocycles. The molecule has 0 fully saturated rings. The topological polar surface area (TPSA) is 86.2 Å². The highest BCUT2D eigenvalue weighted by atomic mass is 16.6. The highest BCUT2D eigenvalue weighted by molar-refractivity contribution is 5.77. The molecule has 1 unspecified atom stereocenters. The van der Waals surface area contributed by atoms with Gasteiger partial charge in [0.2, 0.25) is 5.91 Å². The maximum Gasteiger partial charge on any atom is 0.312 e. The molecule has 2 aromatic heterocycles. The van der Waals surface area contributed by atoms with Crippen molar-refractivity contribution in [2.24, 2.45) is 0 Å². The fraction of sp³-hybridized carbons (Fsp3) is 0.300. The van der Waals surface area contributed by atoms with Crippen LogP contribution in [0.25, 0.3) is 0 Å². The Morgan fingerprint density at radius 2 is 1.93 bits per heavy atom. The van der Waals surface area contributed by atoms with Crippen molar-refractivity contribution in [1.29, 1.82) is 0 Å². The maximum atomic E-state index is 13.2. The Morgan fingerprint density at radius 3 is 2.61 bits per heavy atom. The first-order valence-electron chi connectivity index (χ1n) is 9.15. The number of aryl methyl sites for hydroxylation is 1. The Balaban J connectivity index is 1.67. The highest BCUT2D eigenvalue weighted by Crippen LogP contribution is 2.32. The lowest BCUT2D eigenvalue weighted by molar-refractivity contribution is -0.386. The summed E-state index contributed by atoms with van der Waals surface area (Å²) < 4.78 is 3.60. The molecule has 0 N–H and O–H groups in total. The summed E-state index contributed by atoms with van der Waals surface area (Å²) in [6, 6.07) is 13.7. The molecule has 1 aliphatic rings. The van der Waals surface area contributed by atoms with Crippen LogP contribution in [0.1, 0.15) is 28.7 Å². The third-order valence-electron chi connectivity index (χ3n) is 5.28. The Kier molecular flexibility index (Phi) is 4.46. The van der Waals surface area contributed by atoms with E-state index in [1.165, 1.54) is 4.68 Å². The van der Waals surface area contributed by atoms with Gasteiger partial charge in [0, 0.05) is 25.0 Å². The number of nitro groups is 1. The quantitative estimate of drug-likeness (QED) is 0.515. The number of hydrogen-bond donors (Lipinski definition) is 0. The number of nitrogens with zero attached hydrogens (tertiary/aromatic N) is 5. The number of benzene rings is 1. The third-order valence-corrected chi connectivity index (χ3v) is 5.28. The van der Waals surface area contributed by atoms with Gasteiger partial charge in [0.25, 0.3) is 0 Å². The summed E-state index contributed by atoms with van der Waals surface area (Å²) in [6.45, 7) is 4.48.